The number of ether oxygens (including phenoxy) is 1. The average molecular weight is 309 g/mol. The van der Waals surface area contributed by atoms with E-state index in [1.165, 1.54) is 0 Å². The van der Waals surface area contributed by atoms with Gasteiger partial charge < -0.3 is 10.1 Å². The second kappa shape index (κ2) is 5.09. The lowest BCUT2D eigenvalue weighted by atomic mass is 9.87. The third-order valence-corrected chi connectivity index (χ3v) is 3.59. The van der Waals surface area contributed by atoms with Crippen molar-refractivity contribution in [3.8, 4) is 6.07 Å². The molecule has 0 atom stereocenters. The highest BCUT2D eigenvalue weighted by Gasteiger charge is 2.46. The van der Waals surface area contributed by atoms with Crippen LogP contribution in [0.3, 0.4) is 0 Å². The van der Waals surface area contributed by atoms with E-state index in [9.17, 15) is 4.79 Å². The summed E-state index contributed by atoms with van der Waals surface area (Å²) >= 11 is 3.40. The van der Waals surface area contributed by atoms with Crippen LogP contribution in [-0.2, 0) is 16.1 Å². The van der Waals surface area contributed by atoms with Gasteiger partial charge in [0.2, 0.25) is 5.91 Å². The molecular weight excluding hydrogens is 296 g/mol. The number of nitriles is 1. The molecule has 94 valence electrons. The van der Waals surface area contributed by atoms with Gasteiger partial charge in [-0.25, -0.2) is 0 Å². The average Bonchev–Trinajstić information content (AvgIpc) is 2.29. The van der Waals surface area contributed by atoms with E-state index in [1.54, 1.807) is 0 Å². The molecule has 1 aromatic rings. The van der Waals surface area contributed by atoms with Crippen LogP contribution < -0.4 is 5.32 Å². The Bertz CT molecular complexity index is 518. The van der Waals surface area contributed by atoms with Gasteiger partial charge in [0.25, 0.3) is 0 Å². The van der Waals surface area contributed by atoms with E-state index in [-0.39, 0.29) is 19.1 Å². The summed E-state index contributed by atoms with van der Waals surface area (Å²) in [7, 11) is 0. The van der Waals surface area contributed by atoms with Crippen LogP contribution in [0.5, 0.6) is 0 Å². The Morgan fingerprint density at radius 2 is 2.33 bits per heavy atom. The molecule has 1 fully saturated rings. The number of rotatable bonds is 3. The molecule has 4 nitrogen and oxygen atoms in total. The highest BCUT2D eigenvalue weighted by Crippen LogP contribution is 2.26. The molecular formula is C13H13BrN2O2. The fraction of sp³-hybridized carbons (Fsp3) is 0.385. The number of nitrogens with one attached hydrogen (secondary N) is 1. The molecule has 5 heteroatoms. The van der Waals surface area contributed by atoms with Gasteiger partial charge in [-0.3, -0.25) is 4.79 Å². The van der Waals surface area contributed by atoms with Crippen LogP contribution in [0.25, 0.3) is 0 Å². The molecule has 0 aromatic heterocycles. The lowest BCUT2D eigenvalue weighted by Gasteiger charge is -2.33. The van der Waals surface area contributed by atoms with Crippen LogP contribution in [0.2, 0.25) is 0 Å². The molecule has 1 N–H and O–H groups in total. The summed E-state index contributed by atoms with van der Waals surface area (Å²) in [6, 6.07) is 7.93. The number of hydrogen-bond acceptors (Lipinski definition) is 3. The molecule has 1 saturated heterocycles. The summed E-state index contributed by atoms with van der Waals surface area (Å²) in [6.07, 6.45) is 0. The van der Waals surface area contributed by atoms with Crippen molar-refractivity contribution < 1.29 is 9.53 Å². The maximum atomic E-state index is 11.9. The van der Waals surface area contributed by atoms with Crippen molar-refractivity contribution >= 4 is 21.8 Å². The van der Waals surface area contributed by atoms with Crippen molar-refractivity contribution in [1.29, 1.82) is 5.26 Å². The summed E-state index contributed by atoms with van der Waals surface area (Å²) in [4.78, 5) is 11.9. The minimum Gasteiger partial charge on any atom is -0.377 e. The SMILES string of the molecule is Cc1ccc(Br)cc1CNC(=O)C1(C#N)COC1. The second-order valence-electron chi connectivity index (χ2n) is 4.44. The van der Waals surface area contributed by atoms with Gasteiger partial charge in [-0.15, -0.1) is 0 Å². The van der Waals surface area contributed by atoms with E-state index >= 15 is 0 Å². The van der Waals surface area contributed by atoms with Crippen LogP contribution in [0.1, 0.15) is 11.1 Å². The molecule has 2 rings (SSSR count). The number of halogens is 1. The van der Waals surface area contributed by atoms with E-state index in [4.69, 9.17) is 10.00 Å². The zero-order valence-electron chi connectivity index (χ0n) is 10.00. The molecule has 1 aromatic carbocycles. The maximum Gasteiger partial charge on any atom is 0.245 e. The fourth-order valence-electron chi connectivity index (χ4n) is 1.73. The summed E-state index contributed by atoms with van der Waals surface area (Å²) in [5, 5.41) is 11.8. The van der Waals surface area contributed by atoms with Crippen molar-refractivity contribution in [1.82, 2.24) is 5.32 Å². The summed E-state index contributed by atoms with van der Waals surface area (Å²) < 4.78 is 5.93. The van der Waals surface area contributed by atoms with Gasteiger partial charge in [-0.1, -0.05) is 22.0 Å². The zero-order valence-corrected chi connectivity index (χ0v) is 11.6. The molecule has 0 bridgehead atoms. The number of amides is 1. The number of carbonyl (C=O) groups excluding carboxylic acids is 1. The van der Waals surface area contributed by atoms with E-state index in [0.717, 1.165) is 15.6 Å². The molecule has 1 aliphatic rings. The van der Waals surface area contributed by atoms with Gasteiger partial charge in [0.05, 0.1) is 19.3 Å². The number of hydrogen-bond donors (Lipinski definition) is 1. The van der Waals surface area contributed by atoms with Crippen molar-refractivity contribution in [3.05, 3.63) is 33.8 Å². The monoisotopic (exact) mass is 308 g/mol. The van der Waals surface area contributed by atoms with Gasteiger partial charge >= 0.3 is 0 Å². The first-order valence-electron chi connectivity index (χ1n) is 5.60. The summed E-state index contributed by atoms with van der Waals surface area (Å²) in [5.41, 5.74) is 1.15. The van der Waals surface area contributed by atoms with Gasteiger partial charge in [-0.2, -0.15) is 5.26 Å². The summed E-state index contributed by atoms with van der Waals surface area (Å²) in [6.45, 7) is 2.79. The highest BCUT2D eigenvalue weighted by atomic mass is 79.9. The van der Waals surface area contributed by atoms with E-state index in [0.29, 0.717) is 6.54 Å². The Morgan fingerprint density at radius 3 is 2.89 bits per heavy atom. The molecule has 0 radical (unpaired) electrons. The van der Waals surface area contributed by atoms with Crippen LogP contribution in [0, 0.1) is 23.7 Å². The van der Waals surface area contributed by atoms with Gasteiger partial charge in [-0.05, 0) is 30.2 Å². The quantitative estimate of drug-likeness (QED) is 0.928. The fourth-order valence-corrected chi connectivity index (χ4v) is 2.14. The number of carbonyl (C=O) groups is 1. The molecule has 0 spiro atoms. The zero-order chi connectivity index (χ0) is 13.2. The summed E-state index contributed by atoms with van der Waals surface area (Å²) in [5.74, 6) is -0.254. The number of benzene rings is 1. The third-order valence-electron chi connectivity index (χ3n) is 3.10. The van der Waals surface area contributed by atoms with Crippen molar-refractivity contribution in [2.24, 2.45) is 5.41 Å². The third kappa shape index (κ3) is 2.40. The first-order valence-corrected chi connectivity index (χ1v) is 6.39. The Labute approximate surface area is 114 Å². The molecule has 0 saturated carbocycles. The molecule has 0 aliphatic carbocycles. The number of nitrogens with zero attached hydrogens (tertiary/aromatic N) is 1. The Hall–Kier alpha value is -1.38. The number of aryl methyl sites for hydroxylation is 1. The van der Waals surface area contributed by atoms with E-state index in [1.807, 2.05) is 31.2 Å². The maximum absolute atomic E-state index is 11.9. The Morgan fingerprint density at radius 1 is 1.61 bits per heavy atom. The topological polar surface area (TPSA) is 62.1 Å². The predicted molar refractivity (Wildman–Crippen MR) is 69.6 cm³/mol. The van der Waals surface area contributed by atoms with Gasteiger partial charge in [0.1, 0.15) is 0 Å². The van der Waals surface area contributed by atoms with Crippen molar-refractivity contribution in [2.45, 2.75) is 13.5 Å². The Kier molecular flexibility index (Phi) is 3.69. The van der Waals surface area contributed by atoms with Crippen LogP contribution >= 0.6 is 15.9 Å². The first-order chi connectivity index (χ1) is 8.57. The molecule has 1 aliphatic heterocycles. The molecule has 1 amide bonds. The van der Waals surface area contributed by atoms with E-state index in [2.05, 4.69) is 21.2 Å². The van der Waals surface area contributed by atoms with Crippen LogP contribution in [0.15, 0.2) is 22.7 Å². The first kappa shape index (κ1) is 13.1. The molecule has 0 unspecified atom stereocenters. The van der Waals surface area contributed by atoms with Crippen molar-refractivity contribution in [3.63, 3.8) is 0 Å². The van der Waals surface area contributed by atoms with Crippen molar-refractivity contribution in [2.75, 3.05) is 13.2 Å². The smallest absolute Gasteiger partial charge is 0.245 e. The van der Waals surface area contributed by atoms with Crippen LogP contribution in [-0.4, -0.2) is 19.1 Å². The van der Waals surface area contributed by atoms with Crippen LogP contribution in [0.4, 0.5) is 0 Å². The minimum atomic E-state index is -0.986. The predicted octanol–water partition coefficient (Wildman–Crippen LogP) is 1.91. The standard InChI is InChI=1S/C13H13BrN2O2/c1-9-2-3-11(14)4-10(9)5-16-12(17)13(6-15)7-18-8-13/h2-4H,5,7-8H2,1H3,(H,16,17). The minimum absolute atomic E-state index is 0.187. The van der Waals surface area contributed by atoms with Gasteiger partial charge in [0.15, 0.2) is 5.41 Å². The molecule has 18 heavy (non-hydrogen) atoms. The lowest BCUT2D eigenvalue weighted by molar-refractivity contribution is -0.150. The Balaban J connectivity index is 2.02. The lowest BCUT2D eigenvalue weighted by Crippen LogP contribution is -2.52. The largest absolute Gasteiger partial charge is 0.377 e. The molecule has 1 heterocycles. The van der Waals surface area contributed by atoms with Gasteiger partial charge in [0, 0.05) is 11.0 Å². The highest BCUT2D eigenvalue weighted by molar-refractivity contribution is 9.10. The normalized spacial score (nSPS) is 16.5. The second-order valence-corrected chi connectivity index (χ2v) is 5.36. The van der Waals surface area contributed by atoms with E-state index < -0.39 is 5.41 Å².